The molecule has 0 radical (unpaired) electrons. The van der Waals surface area contributed by atoms with Crippen LogP contribution < -0.4 is 15.4 Å². The van der Waals surface area contributed by atoms with Crippen LogP contribution in [0.25, 0.3) is 0 Å². The van der Waals surface area contributed by atoms with Crippen molar-refractivity contribution in [1.82, 2.24) is 19.9 Å². The number of carbonyl (C=O) groups excluding carboxylic acids is 1. The molecule has 0 bridgehead atoms. The molecule has 0 unspecified atom stereocenters. The summed E-state index contributed by atoms with van der Waals surface area (Å²) in [5, 5.41) is 7.12. The van der Waals surface area contributed by atoms with E-state index in [9.17, 15) is 4.79 Å². The molecule has 0 saturated heterocycles. The van der Waals surface area contributed by atoms with Crippen LogP contribution in [0.1, 0.15) is 5.01 Å². The minimum Gasteiger partial charge on any atom is -0.388 e. The second-order valence-corrected chi connectivity index (χ2v) is 6.07. The number of pyridine rings is 1. The SMILES string of the molecule is Cc1nc(OC(=O)Nc2cccc(Cl)n2)c(Nc2cncnc2)s1. The van der Waals surface area contributed by atoms with E-state index in [1.807, 2.05) is 0 Å². The predicted octanol–water partition coefficient (Wildman–Crippen LogP) is 3.64. The molecular weight excluding hydrogens is 352 g/mol. The Hall–Kier alpha value is -2.78. The van der Waals surface area contributed by atoms with Crippen LogP contribution >= 0.6 is 22.9 Å². The maximum Gasteiger partial charge on any atom is 0.419 e. The van der Waals surface area contributed by atoms with Gasteiger partial charge in [0.1, 0.15) is 17.3 Å². The van der Waals surface area contributed by atoms with Crippen LogP contribution in [0.15, 0.2) is 36.9 Å². The van der Waals surface area contributed by atoms with Crippen molar-refractivity contribution in [3.63, 3.8) is 0 Å². The molecule has 0 aromatic carbocycles. The van der Waals surface area contributed by atoms with Crippen molar-refractivity contribution in [3.05, 3.63) is 47.1 Å². The van der Waals surface area contributed by atoms with E-state index in [4.69, 9.17) is 16.3 Å². The highest BCUT2D eigenvalue weighted by Crippen LogP contribution is 2.33. The number of rotatable bonds is 4. The largest absolute Gasteiger partial charge is 0.419 e. The predicted molar refractivity (Wildman–Crippen MR) is 91.1 cm³/mol. The lowest BCUT2D eigenvalue weighted by molar-refractivity contribution is 0.213. The molecule has 122 valence electrons. The first-order valence-electron chi connectivity index (χ1n) is 6.71. The van der Waals surface area contributed by atoms with E-state index in [1.165, 1.54) is 17.7 Å². The third-order valence-corrected chi connectivity index (χ3v) is 3.73. The number of nitrogens with one attached hydrogen (secondary N) is 2. The molecule has 0 spiro atoms. The minimum absolute atomic E-state index is 0.154. The van der Waals surface area contributed by atoms with E-state index < -0.39 is 6.09 Å². The van der Waals surface area contributed by atoms with Crippen LogP contribution in [-0.4, -0.2) is 26.0 Å². The molecule has 24 heavy (non-hydrogen) atoms. The van der Waals surface area contributed by atoms with Crippen molar-refractivity contribution in [2.45, 2.75) is 6.92 Å². The molecular formula is C14H11ClN6O2S. The number of carbonyl (C=O) groups is 1. The van der Waals surface area contributed by atoms with Gasteiger partial charge in [0, 0.05) is 0 Å². The topological polar surface area (TPSA) is 102 Å². The zero-order chi connectivity index (χ0) is 16.9. The molecule has 3 rings (SSSR count). The van der Waals surface area contributed by atoms with Gasteiger partial charge in [-0.15, -0.1) is 0 Å². The van der Waals surface area contributed by atoms with Crippen molar-refractivity contribution in [1.29, 1.82) is 0 Å². The molecule has 3 heterocycles. The third kappa shape index (κ3) is 4.15. The Kier molecular flexibility index (Phi) is 4.82. The van der Waals surface area contributed by atoms with Gasteiger partial charge in [-0.2, -0.15) is 0 Å². The summed E-state index contributed by atoms with van der Waals surface area (Å²) in [6.07, 6.45) is 3.90. The van der Waals surface area contributed by atoms with Crippen molar-refractivity contribution >= 4 is 45.5 Å². The van der Waals surface area contributed by atoms with Gasteiger partial charge < -0.3 is 10.1 Å². The zero-order valence-corrected chi connectivity index (χ0v) is 13.9. The molecule has 3 aromatic rings. The number of aromatic nitrogens is 4. The first kappa shape index (κ1) is 16.1. The van der Waals surface area contributed by atoms with Crippen LogP contribution in [-0.2, 0) is 0 Å². The average molecular weight is 363 g/mol. The highest BCUT2D eigenvalue weighted by molar-refractivity contribution is 7.16. The normalized spacial score (nSPS) is 10.2. The second kappa shape index (κ2) is 7.20. The lowest BCUT2D eigenvalue weighted by atomic mass is 10.5. The van der Waals surface area contributed by atoms with Gasteiger partial charge in [0.15, 0.2) is 5.00 Å². The number of hydrogen-bond donors (Lipinski definition) is 2. The van der Waals surface area contributed by atoms with E-state index in [0.717, 1.165) is 5.01 Å². The molecule has 0 fully saturated rings. The summed E-state index contributed by atoms with van der Waals surface area (Å²) in [5.74, 6) is 0.436. The number of hydrogen-bond acceptors (Lipinski definition) is 8. The van der Waals surface area contributed by atoms with Gasteiger partial charge in [-0.1, -0.05) is 29.0 Å². The molecule has 0 aliphatic heterocycles. The third-order valence-electron chi connectivity index (χ3n) is 2.66. The number of amides is 1. The fourth-order valence-corrected chi connectivity index (χ4v) is 2.68. The summed E-state index contributed by atoms with van der Waals surface area (Å²) in [6.45, 7) is 1.81. The Bertz CT molecular complexity index is 857. The number of nitrogens with zero attached hydrogens (tertiary/aromatic N) is 4. The number of anilines is 3. The molecule has 10 heteroatoms. The van der Waals surface area contributed by atoms with Gasteiger partial charge in [0.25, 0.3) is 5.88 Å². The Morgan fingerprint density at radius 2 is 2.04 bits per heavy atom. The lowest BCUT2D eigenvalue weighted by Crippen LogP contribution is -2.18. The smallest absolute Gasteiger partial charge is 0.388 e. The first-order valence-corrected chi connectivity index (χ1v) is 7.90. The quantitative estimate of drug-likeness (QED) is 0.683. The Morgan fingerprint density at radius 3 is 2.79 bits per heavy atom. The monoisotopic (exact) mass is 362 g/mol. The summed E-state index contributed by atoms with van der Waals surface area (Å²) in [7, 11) is 0. The summed E-state index contributed by atoms with van der Waals surface area (Å²) in [5.41, 5.74) is 0.655. The molecule has 1 amide bonds. The highest BCUT2D eigenvalue weighted by Gasteiger charge is 2.15. The van der Waals surface area contributed by atoms with Crippen LogP contribution in [0.5, 0.6) is 5.88 Å². The number of thiazole rings is 1. The average Bonchev–Trinajstić information content (AvgIpc) is 2.87. The van der Waals surface area contributed by atoms with Gasteiger partial charge in [-0.05, 0) is 19.1 Å². The van der Waals surface area contributed by atoms with Crippen molar-refractivity contribution in [3.8, 4) is 5.88 Å². The van der Waals surface area contributed by atoms with Crippen LogP contribution in [0.4, 0.5) is 21.3 Å². The first-order chi connectivity index (χ1) is 11.6. The Balaban J connectivity index is 1.71. The highest BCUT2D eigenvalue weighted by atomic mass is 35.5. The van der Waals surface area contributed by atoms with Crippen LogP contribution in [0.3, 0.4) is 0 Å². The van der Waals surface area contributed by atoms with Gasteiger partial charge in [-0.25, -0.2) is 24.7 Å². The number of halogens is 1. The number of ether oxygens (including phenoxy) is 1. The van der Waals surface area contributed by atoms with Crippen molar-refractivity contribution < 1.29 is 9.53 Å². The lowest BCUT2D eigenvalue weighted by Gasteiger charge is -2.07. The van der Waals surface area contributed by atoms with E-state index >= 15 is 0 Å². The maximum absolute atomic E-state index is 12.0. The van der Waals surface area contributed by atoms with Crippen molar-refractivity contribution in [2.24, 2.45) is 0 Å². The molecule has 0 aliphatic rings. The Morgan fingerprint density at radius 1 is 1.25 bits per heavy atom. The van der Waals surface area contributed by atoms with E-state index in [2.05, 4.69) is 30.6 Å². The van der Waals surface area contributed by atoms with Gasteiger partial charge in [0.2, 0.25) is 0 Å². The van der Waals surface area contributed by atoms with E-state index in [-0.39, 0.29) is 16.9 Å². The molecule has 0 aliphatic carbocycles. The van der Waals surface area contributed by atoms with E-state index in [0.29, 0.717) is 10.7 Å². The maximum atomic E-state index is 12.0. The summed E-state index contributed by atoms with van der Waals surface area (Å²) in [4.78, 5) is 28.0. The molecule has 0 saturated carbocycles. The summed E-state index contributed by atoms with van der Waals surface area (Å²) >= 11 is 7.11. The van der Waals surface area contributed by atoms with Crippen LogP contribution in [0.2, 0.25) is 5.15 Å². The minimum atomic E-state index is -0.720. The van der Waals surface area contributed by atoms with Crippen molar-refractivity contribution in [2.75, 3.05) is 10.6 Å². The van der Waals surface area contributed by atoms with Gasteiger partial charge in [-0.3, -0.25) is 5.32 Å². The summed E-state index contributed by atoms with van der Waals surface area (Å²) in [6, 6.07) is 4.87. The fraction of sp³-hybridized carbons (Fsp3) is 0.0714. The molecule has 0 atom stereocenters. The Labute approximate surface area is 145 Å². The van der Waals surface area contributed by atoms with Crippen LogP contribution in [0, 0.1) is 6.92 Å². The molecule has 3 aromatic heterocycles. The molecule has 2 N–H and O–H groups in total. The molecule has 8 nitrogen and oxygen atoms in total. The number of aryl methyl sites for hydroxylation is 1. The fourth-order valence-electron chi connectivity index (χ4n) is 1.75. The zero-order valence-electron chi connectivity index (χ0n) is 12.4. The van der Waals surface area contributed by atoms with E-state index in [1.54, 1.807) is 37.5 Å². The van der Waals surface area contributed by atoms with Gasteiger partial charge in [0.05, 0.1) is 23.1 Å². The second-order valence-electron chi connectivity index (χ2n) is 4.48. The van der Waals surface area contributed by atoms with Gasteiger partial charge >= 0.3 is 6.09 Å². The standard InChI is InChI=1S/C14H11ClN6O2S/c1-8-18-12(13(24-8)19-9-5-16-7-17-6-9)23-14(22)21-11-4-2-3-10(15)20-11/h2-7,19H,1H3,(H,20,21,22). The summed E-state index contributed by atoms with van der Waals surface area (Å²) < 4.78 is 5.25.